The van der Waals surface area contributed by atoms with Crippen LogP contribution in [0.4, 0.5) is 13.2 Å². The van der Waals surface area contributed by atoms with Gasteiger partial charge in [-0.25, -0.2) is 4.79 Å². The van der Waals surface area contributed by atoms with Gasteiger partial charge < -0.3 is 0 Å². The molecule has 0 aliphatic heterocycles. The minimum Gasteiger partial charge on any atom is -0.284 e. The summed E-state index contributed by atoms with van der Waals surface area (Å²) in [6.07, 6.45) is -4.15. The fourth-order valence-corrected chi connectivity index (χ4v) is 4.30. The Morgan fingerprint density at radius 1 is 1.27 bits per heavy atom. The standard InChI is InChI=1S/C16H21F3N4O2S/c1-9-10(8-21-20-3)26-13-11(9)12(24)23(15(2)4-5-15)14(25)22(13)7-6-16(17,18)19/h20-21H,4-8H2,1-3H3. The summed E-state index contributed by atoms with van der Waals surface area (Å²) in [5.41, 5.74) is 4.74. The molecule has 0 atom stereocenters. The molecular formula is C16H21F3N4O2S. The number of hydrogen-bond donors (Lipinski definition) is 2. The van der Waals surface area contributed by atoms with Crippen LogP contribution in [0, 0.1) is 6.92 Å². The Morgan fingerprint density at radius 2 is 1.92 bits per heavy atom. The second kappa shape index (κ2) is 6.50. The molecule has 2 aromatic rings. The van der Waals surface area contributed by atoms with Crippen molar-refractivity contribution in [3.8, 4) is 0 Å². The van der Waals surface area contributed by atoms with Crippen molar-refractivity contribution in [1.82, 2.24) is 20.0 Å². The topological polar surface area (TPSA) is 68.1 Å². The van der Waals surface area contributed by atoms with Crippen LogP contribution in [0.15, 0.2) is 9.59 Å². The van der Waals surface area contributed by atoms with Gasteiger partial charge in [0, 0.05) is 18.0 Å². The molecule has 10 heteroatoms. The number of aryl methyl sites for hydroxylation is 2. The smallest absolute Gasteiger partial charge is 0.284 e. The van der Waals surface area contributed by atoms with Gasteiger partial charge in [-0.1, -0.05) is 0 Å². The maximum absolute atomic E-state index is 13.0. The van der Waals surface area contributed by atoms with Crippen molar-refractivity contribution < 1.29 is 13.2 Å². The minimum atomic E-state index is -4.38. The Morgan fingerprint density at radius 3 is 2.46 bits per heavy atom. The van der Waals surface area contributed by atoms with E-state index < -0.39 is 35.9 Å². The zero-order valence-corrected chi connectivity index (χ0v) is 15.6. The van der Waals surface area contributed by atoms with E-state index in [0.29, 0.717) is 35.2 Å². The van der Waals surface area contributed by atoms with Crippen molar-refractivity contribution in [3.05, 3.63) is 31.3 Å². The predicted molar refractivity (Wildman–Crippen MR) is 94.5 cm³/mol. The number of thiophene rings is 1. The van der Waals surface area contributed by atoms with E-state index in [2.05, 4.69) is 10.9 Å². The zero-order chi connectivity index (χ0) is 19.3. The summed E-state index contributed by atoms with van der Waals surface area (Å²) in [4.78, 5) is 27.0. The molecule has 0 aromatic carbocycles. The van der Waals surface area contributed by atoms with Crippen LogP contribution in [0.25, 0.3) is 10.2 Å². The molecule has 144 valence electrons. The van der Waals surface area contributed by atoms with Crippen LogP contribution in [0.3, 0.4) is 0 Å². The van der Waals surface area contributed by atoms with Crippen LogP contribution < -0.4 is 22.1 Å². The molecule has 0 amide bonds. The average molecular weight is 390 g/mol. The number of alkyl halides is 3. The predicted octanol–water partition coefficient (Wildman–Crippen LogP) is 2.22. The molecule has 3 rings (SSSR count). The first kappa shape index (κ1) is 19.1. The van der Waals surface area contributed by atoms with Gasteiger partial charge in [0.25, 0.3) is 5.56 Å². The van der Waals surface area contributed by atoms with Gasteiger partial charge in [-0.2, -0.15) is 13.2 Å². The van der Waals surface area contributed by atoms with Crippen molar-refractivity contribution in [2.45, 2.75) is 57.9 Å². The van der Waals surface area contributed by atoms with E-state index in [1.165, 1.54) is 11.3 Å². The lowest BCUT2D eigenvalue weighted by Crippen LogP contribution is -2.44. The number of halogens is 3. The van der Waals surface area contributed by atoms with Crippen LogP contribution in [-0.2, 0) is 18.6 Å². The van der Waals surface area contributed by atoms with Crippen LogP contribution in [0.1, 0.15) is 36.6 Å². The zero-order valence-electron chi connectivity index (χ0n) is 14.8. The molecule has 26 heavy (non-hydrogen) atoms. The third kappa shape index (κ3) is 3.33. The van der Waals surface area contributed by atoms with E-state index in [0.717, 1.165) is 14.0 Å². The molecule has 1 saturated carbocycles. The molecule has 2 aromatic heterocycles. The van der Waals surface area contributed by atoms with Gasteiger partial charge in [-0.3, -0.25) is 24.8 Å². The molecule has 1 fully saturated rings. The third-order valence-corrected chi connectivity index (χ3v) is 6.18. The fourth-order valence-electron chi connectivity index (χ4n) is 3.05. The molecular weight excluding hydrogens is 369 g/mol. The van der Waals surface area contributed by atoms with E-state index in [-0.39, 0.29) is 0 Å². The van der Waals surface area contributed by atoms with Gasteiger partial charge in [-0.05, 0) is 39.3 Å². The monoisotopic (exact) mass is 390 g/mol. The highest BCUT2D eigenvalue weighted by Gasteiger charge is 2.43. The van der Waals surface area contributed by atoms with E-state index in [4.69, 9.17) is 0 Å². The summed E-state index contributed by atoms with van der Waals surface area (Å²) < 4.78 is 40.5. The first-order valence-electron chi connectivity index (χ1n) is 8.34. The van der Waals surface area contributed by atoms with Crippen LogP contribution in [0.2, 0.25) is 0 Å². The average Bonchev–Trinajstić information content (AvgIpc) is 3.18. The van der Waals surface area contributed by atoms with Gasteiger partial charge in [0.05, 0.1) is 17.3 Å². The Kier molecular flexibility index (Phi) is 4.78. The maximum atomic E-state index is 13.0. The molecule has 0 saturated heterocycles. The Labute approximate surface area is 151 Å². The summed E-state index contributed by atoms with van der Waals surface area (Å²) >= 11 is 1.19. The Hall–Kier alpha value is -1.65. The van der Waals surface area contributed by atoms with Crippen molar-refractivity contribution in [1.29, 1.82) is 0 Å². The van der Waals surface area contributed by atoms with Gasteiger partial charge in [0.2, 0.25) is 0 Å². The number of hydrazine groups is 1. The molecule has 0 spiro atoms. The van der Waals surface area contributed by atoms with Crippen molar-refractivity contribution in [2.24, 2.45) is 0 Å². The molecule has 0 radical (unpaired) electrons. The van der Waals surface area contributed by atoms with Crippen LogP contribution >= 0.6 is 11.3 Å². The van der Waals surface area contributed by atoms with Gasteiger partial charge in [-0.15, -0.1) is 11.3 Å². The van der Waals surface area contributed by atoms with E-state index >= 15 is 0 Å². The lowest BCUT2D eigenvalue weighted by molar-refractivity contribution is -0.136. The molecule has 1 aliphatic carbocycles. The maximum Gasteiger partial charge on any atom is 0.390 e. The number of nitrogens with zero attached hydrogens (tertiary/aromatic N) is 2. The summed E-state index contributed by atoms with van der Waals surface area (Å²) in [6.45, 7) is 3.48. The highest BCUT2D eigenvalue weighted by molar-refractivity contribution is 7.18. The van der Waals surface area contributed by atoms with Gasteiger partial charge in [0.15, 0.2) is 0 Å². The first-order chi connectivity index (χ1) is 12.1. The van der Waals surface area contributed by atoms with Gasteiger partial charge in [0.1, 0.15) is 4.83 Å². The number of hydrogen-bond acceptors (Lipinski definition) is 5. The summed E-state index contributed by atoms with van der Waals surface area (Å²) in [5.74, 6) is 0. The number of nitrogens with one attached hydrogen (secondary N) is 2. The number of aromatic nitrogens is 2. The van der Waals surface area contributed by atoms with Crippen LogP contribution in [0.5, 0.6) is 0 Å². The molecule has 2 N–H and O–H groups in total. The molecule has 6 nitrogen and oxygen atoms in total. The number of rotatable bonds is 6. The van der Waals surface area contributed by atoms with Crippen molar-refractivity contribution in [3.63, 3.8) is 0 Å². The molecule has 1 aliphatic rings. The van der Waals surface area contributed by atoms with E-state index in [1.807, 2.05) is 0 Å². The molecule has 0 unspecified atom stereocenters. The first-order valence-corrected chi connectivity index (χ1v) is 9.15. The quantitative estimate of drug-likeness (QED) is 0.743. The van der Waals surface area contributed by atoms with E-state index in [9.17, 15) is 22.8 Å². The normalized spacial score (nSPS) is 16.4. The van der Waals surface area contributed by atoms with E-state index in [1.54, 1.807) is 20.9 Å². The van der Waals surface area contributed by atoms with Crippen molar-refractivity contribution in [2.75, 3.05) is 7.05 Å². The van der Waals surface area contributed by atoms with Crippen molar-refractivity contribution >= 4 is 21.6 Å². The van der Waals surface area contributed by atoms with Crippen LogP contribution in [-0.4, -0.2) is 22.4 Å². The summed E-state index contributed by atoms with van der Waals surface area (Å²) in [5, 5.41) is 0.345. The second-order valence-corrected chi connectivity index (χ2v) is 7.95. The molecule has 2 heterocycles. The Balaban J connectivity index is 2.25. The lowest BCUT2D eigenvalue weighted by atomic mass is 10.2. The number of fused-ring (bicyclic) bond motifs is 1. The minimum absolute atomic E-state index is 0.315. The second-order valence-electron chi connectivity index (χ2n) is 6.87. The Bertz CT molecular complexity index is 954. The summed E-state index contributed by atoms with van der Waals surface area (Å²) in [6, 6.07) is 0. The highest BCUT2D eigenvalue weighted by atomic mass is 32.1. The van der Waals surface area contributed by atoms with Gasteiger partial charge >= 0.3 is 11.9 Å². The largest absolute Gasteiger partial charge is 0.390 e. The highest BCUT2D eigenvalue weighted by Crippen LogP contribution is 2.41. The molecule has 0 bridgehead atoms. The SMILES string of the molecule is CNNCc1sc2c(c1C)c(=O)n(C1(C)CC1)c(=O)n2CCC(F)(F)F. The lowest BCUT2D eigenvalue weighted by Gasteiger charge is -2.17. The summed E-state index contributed by atoms with van der Waals surface area (Å²) in [7, 11) is 1.70. The fraction of sp³-hybridized carbons (Fsp3) is 0.625. The third-order valence-electron chi connectivity index (χ3n) is 4.87.